The van der Waals surface area contributed by atoms with E-state index >= 15 is 0 Å². The van der Waals surface area contributed by atoms with Crippen LogP contribution in [0.2, 0.25) is 0 Å². The summed E-state index contributed by atoms with van der Waals surface area (Å²) in [6.07, 6.45) is 0.901. The van der Waals surface area contributed by atoms with E-state index in [-0.39, 0.29) is 5.91 Å². The van der Waals surface area contributed by atoms with Gasteiger partial charge in [-0.05, 0) is 37.6 Å². The fourth-order valence-corrected chi connectivity index (χ4v) is 4.31. The first kappa shape index (κ1) is 21.7. The van der Waals surface area contributed by atoms with Gasteiger partial charge in [-0.15, -0.1) is 0 Å². The molecule has 160 valence electrons. The molecule has 0 radical (unpaired) electrons. The summed E-state index contributed by atoms with van der Waals surface area (Å²) in [6.45, 7) is 5.34. The number of hydrogen-bond acceptors (Lipinski definition) is 6. The molecular weight excluding hydrogens is 404 g/mol. The number of fused-ring (bicyclic) bond motifs is 1. The van der Waals surface area contributed by atoms with Crippen molar-refractivity contribution in [2.75, 3.05) is 27.9 Å². The van der Waals surface area contributed by atoms with Crippen molar-refractivity contribution < 1.29 is 23.7 Å². The molecule has 7 nitrogen and oxygen atoms in total. The molecule has 2 aromatic carbocycles. The number of carbonyl (C=O) groups is 1. The number of carbonyl (C=O) groups excluding carboxylic acids is 1. The van der Waals surface area contributed by atoms with Gasteiger partial charge in [0.15, 0.2) is 16.3 Å². The highest BCUT2D eigenvalue weighted by atomic mass is 32.1. The van der Waals surface area contributed by atoms with Gasteiger partial charge in [-0.2, -0.15) is 4.99 Å². The lowest BCUT2D eigenvalue weighted by atomic mass is 10.1. The maximum atomic E-state index is 13.0. The topological polar surface area (TPSA) is 71.3 Å². The van der Waals surface area contributed by atoms with Crippen LogP contribution < -0.4 is 23.7 Å². The Labute approximate surface area is 179 Å². The number of aryl methyl sites for hydroxylation is 1. The van der Waals surface area contributed by atoms with Crippen LogP contribution in [0.4, 0.5) is 0 Å². The van der Waals surface area contributed by atoms with Crippen molar-refractivity contribution in [1.82, 2.24) is 4.57 Å². The van der Waals surface area contributed by atoms with Gasteiger partial charge < -0.3 is 23.5 Å². The molecule has 0 aliphatic rings. The van der Waals surface area contributed by atoms with Crippen LogP contribution in [0.3, 0.4) is 0 Å². The summed E-state index contributed by atoms with van der Waals surface area (Å²) in [4.78, 5) is 18.1. The fraction of sp³-hybridized carbons (Fsp3) is 0.364. The highest BCUT2D eigenvalue weighted by molar-refractivity contribution is 7.16. The molecule has 1 aromatic heterocycles. The van der Waals surface area contributed by atoms with Gasteiger partial charge in [0.05, 0.1) is 32.6 Å². The minimum atomic E-state index is -0.386. The first-order chi connectivity index (χ1) is 14.6. The number of nitrogens with zero attached hydrogens (tertiary/aromatic N) is 2. The van der Waals surface area contributed by atoms with Crippen molar-refractivity contribution in [3.63, 3.8) is 0 Å². The predicted octanol–water partition coefficient (Wildman–Crippen LogP) is 4.28. The number of hydrogen-bond donors (Lipinski definition) is 0. The molecule has 0 aliphatic heterocycles. The monoisotopic (exact) mass is 430 g/mol. The van der Waals surface area contributed by atoms with Crippen molar-refractivity contribution in [2.24, 2.45) is 4.99 Å². The lowest BCUT2D eigenvalue weighted by molar-refractivity contribution is 0.0997. The Bertz CT molecular complexity index is 1090. The summed E-state index contributed by atoms with van der Waals surface area (Å²) in [5, 5.41) is 0. The van der Waals surface area contributed by atoms with Crippen molar-refractivity contribution >= 4 is 27.5 Å². The lowest BCUT2D eigenvalue weighted by Crippen LogP contribution is -2.17. The average Bonchev–Trinajstić information content (AvgIpc) is 3.10. The van der Waals surface area contributed by atoms with Crippen molar-refractivity contribution in [1.29, 1.82) is 0 Å². The minimum Gasteiger partial charge on any atom is -0.493 e. The van der Waals surface area contributed by atoms with Gasteiger partial charge >= 0.3 is 0 Å². The third-order valence-electron chi connectivity index (χ3n) is 4.52. The van der Waals surface area contributed by atoms with E-state index < -0.39 is 0 Å². The van der Waals surface area contributed by atoms with E-state index in [4.69, 9.17) is 18.9 Å². The lowest BCUT2D eigenvalue weighted by Gasteiger charge is -2.12. The molecule has 0 fully saturated rings. The Hall–Kier alpha value is -3.00. The molecule has 0 bridgehead atoms. The van der Waals surface area contributed by atoms with Gasteiger partial charge in [0.25, 0.3) is 5.91 Å². The average molecular weight is 431 g/mol. The van der Waals surface area contributed by atoms with Gasteiger partial charge in [-0.3, -0.25) is 4.79 Å². The second-order valence-electron chi connectivity index (χ2n) is 6.40. The molecule has 3 aromatic rings. The highest BCUT2D eigenvalue weighted by Gasteiger charge is 2.18. The zero-order valence-corrected chi connectivity index (χ0v) is 18.7. The van der Waals surface area contributed by atoms with E-state index in [1.54, 1.807) is 12.1 Å². The standard InChI is InChI=1S/C22H26N2O5S/c1-6-11-24-19-15(29-7-2)9-8-10-18(19)30-22(24)23-21(25)14-12-16(26-3)20(28-5)17(13-14)27-4/h8-10,12-13H,6-7,11H2,1-5H3. The molecule has 0 saturated carbocycles. The van der Waals surface area contributed by atoms with Crippen LogP contribution in [-0.2, 0) is 6.54 Å². The van der Waals surface area contributed by atoms with Gasteiger partial charge in [-0.1, -0.05) is 24.3 Å². The number of aromatic nitrogens is 1. The number of benzene rings is 2. The molecule has 30 heavy (non-hydrogen) atoms. The summed E-state index contributed by atoms with van der Waals surface area (Å²) in [7, 11) is 4.55. The Morgan fingerprint density at radius 2 is 1.73 bits per heavy atom. The fourth-order valence-electron chi connectivity index (χ4n) is 3.24. The molecule has 0 spiro atoms. The molecule has 0 aliphatic carbocycles. The van der Waals surface area contributed by atoms with Crippen molar-refractivity contribution in [3.05, 3.63) is 40.7 Å². The Morgan fingerprint density at radius 3 is 2.30 bits per heavy atom. The van der Waals surface area contributed by atoms with Gasteiger partial charge in [-0.25, -0.2) is 0 Å². The largest absolute Gasteiger partial charge is 0.493 e. The summed E-state index contributed by atoms with van der Waals surface area (Å²) in [5.41, 5.74) is 1.32. The van der Waals surface area contributed by atoms with Crippen LogP contribution in [0.5, 0.6) is 23.0 Å². The number of rotatable bonds is 8. The van der Waals surface area contributed by atoms with Crippen molar-refractivity contribution in [2.45, 2.75) is 26.8 Å². The summed E-state index contributed by atoms with van der Waals surface area (Å²) in [6, 6.07) is 9.12. The van der Waals surface area contributed by atoms with Gasteiger partial charge in [0, 0.05) is 12.1 Å². The third-order valence-corrected chi connectivity index (χ3v) is 5.56. The number of methoxy groups -OCH3 is 3. The second-order valence-corrected chi connectivity index (χ2v) is 7.41. The van der Waals surface area contributed by atoms with Crippen LogP contribution in [0, 0.1) is 0 Å². The van der Waals surface area contributed by atoms with Crippen molar-refractivity contribution in [3.8, 4) is 23.0 Å². The van der Waals surface area contributed by atoms with E-state index in [2.05, 4.69) is 11.9 Å². The zero-order valence-electron chi connectivity index (χ0n) is 17.9. The number of para-hydroxylation sites is 1. The minimum absolute atomic E-state index is 0.357. The highest BCUT2D eigenvalue weighted by Crippen LogP contribution is 2.38. The molecule has 0 atom stereocenters. The normalized spacial score (nSPS) is 11.6. The van der Waals surface area contributed by atoms with E-state index in [1.807, 2.05) is 29.7 Å². The molecule has 0 saturated heterocycles. The van der Waals surface area contributed by atoms with Crippen LogP contribution in [-0.4, -0.2) is 38.4 Å². The predicted molar refractivity (Wildman–Crippen MR) is 117 cm³/mol. The van der Waals surface area contributed by atoms with Gasteiger partial charge in [0.2, 0.25) is 5.75 Å². The summed E-state index contributed by atoms with van der Waals surface area (Å²) in [5.74, 6) is 1.66. The molecule has 8 heteroatoms. The maximum absolute atomic E-state index is 13.0. The van der Waals surface area contributed by atoms with Gasteiger partial charge in [0.1, 0.15) is 11.3 Å². The Balaban J connectivity index is 2.16. The maximum Gasteiger partial charge on any atom is 0.279 e. The first-order valence-electron chi connectivity index (χ1n) is 9.72. The first-order valence-corrected chi connectivity index (χ1v) is 10.5. The summed E-state index contributed by atoms with van der Waals surface area (Å²) >= 11 is 1.46. The third kappa shape index (κ3) is 4.14. The quantitative estimate of drug-likeness (QED) is 0.533. The Morgan fingerprint density at radius 1 is 1.03 bits per heavy atom. The van der Waals surface area contributed by atoms with E-state index in [0.29, 0.717) is 34.2 Å². The number of amides is 1. The number of ether oxygens (including phenoxy) is 4. The van der Waals surface area contributed by atoms with E-state index in [1.165, 1.54) is 32.7 Å². The molecule has 1 amide bonds. The molecule has 1 heterocycles. The van der Waals surface area contributed by atoms with Crippen LogP contribution in [0.15, 0.2) is 35.3 Å². The van der Waals surface area contributed by atoms with Crippen LogP contribution >= 0.6 is 11.3 Å². The van der Waals surface area contributed by atoms with E-state index in [9.17, 15) is 4.79 Å². The second kappa shape index (κ2) is 9.67. The SMILES string of the molecule is CCCn1c(=NC(=O)c2cc(OC)c(OC)c(OC)c2)sc2cccc(OCC)c21. The molecule has 3 rings (SSSR count). The Kier molecular flexibility index (Phi) is 6.99. The molecule has 0 unspecified atom stereocenters. The van der Waals surface area contributed by atoms with E-state index in [0.717, 1.165) is 28.9 Å². The molecule has 0 N–H and O–H groups in total. The molecular formula is C22H26N2O5S. The smallest absolute Gasteiger partial charge is 0.279 e. The number of thiazole rings is 1. The van der Waals surface area contributed by atoms with Crippen LogP contribution in [0.25, 0.3) is 10.2 Å². The van der Waals surface area contributed by atoms with Crippen LogP contribution in [0.1, 0.15) is 30.6 Å². The summed E-state index contributed by atoms with van der Waals surface area (Å²) < 4.78 is 24.9. The zero-order chi connectivity index (χ0) is 21.7.